The molecule has 74 valence electrons. The van der Waals surface area contributed by atoms with Gasteiger partial charge in [0.1, 0.15) is 6.23 Å². The molecule has 0 aliphatic heterocycles. The first kappa shape index (κ1) is 10.3. The average molecular weight is 183 g/mol. The maximum Gasteiger partial charge on any atom is 0.218 e. The number of carbonyl (C=O) groups is 1. The summed E-state index contributed by atoms with van der Waals surface area (Å²) in [7, 11) is 0. The van der Waals surface area contributed by atoms with Crippen molar-refractivity contribution in [2.24, 2.45) is 5.41 Å². The molecule has 3 nitrogen and oxygen atoms in total. The molecule has 1 atom stereocenters. The molecule has 0 aromatic carbocycles. The normalized spacial score (nSPS) is 22.3. The van der Waals surface area contributed by atoms with Crippen molar-refractivity contribution in [1.29, 1.82) is 0 Å². The van der Waals surface area contributed by atoms with Crippen molar-refractivity contribution in [2.45, 2.75) is 38.8 Å². The minimum Gasteiger partial charge on any atom is -0.373 e. The SMILES string of the molecule is C=CC1(C(O)NC(C)=O)CCCC1. The van der Waals surface area contributed by atoms with E-state index < -0.39 is 6.23 Å². The van der Waals surface area contributed by atoms with Crippen molar-refractivity contribution in [3.05, 3.63) is 12.7 Å². The number of carbonyl (C=O) groups excluding carboxylic acids is 1. The Labute approximate surface area is 78.8 Å². The third-order valence-electron chi connectivity index (χ3n) is 2.83. The Morgan fingerprint density at radius 1 is 1.62 bits per heavy atom. The summed E-state index contributed by atoms with van der Waals surface area (Å²) in [5.41, 5.74) is -0.286. The summed E-state index contributed by atoms with van der Waals surface area (Å²) < 4.78 is 0. The van der Waals surface area contributed by atoms with Gasteiger partial charge in [-0.2, -0.15) is 0 Å². The molecule has 1 amide bonds. The first-order valence-corrected chi connectivity index (χ1v) is 4.69. The lowest BCUT2D eigenvalue weighted by Gasteiger charge is -2.30. The predicted molar refractivity (Wildman–Crippen MR) is 50.9 cm³/mol. The fraction of sp³-hybridized carbons (Fsp3) is 0.700. The molecule has 0 spiro atoms. The zero-order valence-electron chi connectivity index (χ0n) is 8.05. The Balaban J connectivity index is 2.64. The predicted octanol–water partition coefficient (Wildman–Crippen LogP) is 1.19. The number of hydrogen-bond donors (Lipinski definition) is 2. The molecule has 1 unspecified atom stereocenters. The van der Waals surface area contributed by atoms with Crippen molar-refractivity contribution >= 4 is 5.91 Å². The van der Waals surface area contributed by atoms with Gasteiger partial charge in [0.25, 0.3) is 0 Å². The molecular formula is C10H17NO2. The Hall–Kier alpha value is -0.830. The summed E-state index contributed by atoms with van der Waals surface area (Å²) in [6, 6.07) is 0. The monoisotopic (exact) mass is 183 g/mol. The standard InChI is InChI=1S/C10H17NO2/c1-3-10(6-4-5-7-10)9(13)11-8(2)12/h3,9,13H,1,4-7H2,2H3,(H,11,12). The van der Waals surface area contributed by atoms with Crippen LogP contribution in [-0.4, -0.2) is 17.2 Å². The summed E-state index contributed by atoms with van der Waals surface area (Å²) in [5, 5.41) is 12.3. The smallest absolute Gasteiger partial charge is 0.218 e. The molecule has 0 aromatic rings. The van der Waals surface area contributed by atoms with Gasteiger partial charge >= 0.3 is 0 Å². The Bertz CT molecular complexity index is 207. The molecule has 1 fully saturated rings. The van der Waals surface area contributed by atoms with Crippen LogP contribution >= 0.6 is 0 Å². The van der Waals surface area contributed by atoms with E-state index in [1.165, 1.54) is 6.92 Å². The molecule has 13 heavy (non-hydrogen) atoms. The van der Waals surface area contributed by atoms with E-state index in [0.717, 1.165) is 25.7 Å². The van der Waals surface area contributed by atoms with Crippen molar-refractivity contribution in [3.63, 3.8) is 0 Å². The molecule has 0 heterocycles. The summed E-state index contributed by atoms with van der Waals surface area (Å²) in [6.45, 7) is 5.14. The molecule has 1 saturated carbocycles. The zero-order valence-corrected chi connectivity index (χ0v) is 8.05. The van der Waals surface area contributed by atoms with Crippen LogP contribution in [0.15, 0.2) is 12.7 Å². The summed E-state index contributed by atoms with van der Waals surface area (Å²) >= 11 is 0. The molecule has 0 bridgehead atoms. The molecule has 1 aliphatic carbocycles. The molecular weight excluding hydrogens is 166 g/mol. The maximum absolute atomic E-state index is 10.8. The van der Waals surface area contributed by atoms with Crippen LogP contribution in [0.3, 0.4) is 0 Å². The first-order chi connectivity index (χ1) is 6.10. The molecule has 0 radical (unpaired) electrons. The fourth-order valence-electron chi connectivity index (χ4n) is 1.96. The van der Waals surface area contributed by atoms with E-state index in [1.807, 2.05) is 0 Å². The second-order valence-electron chi connectivity index (χ2n) is 3.75. The summed E-state index contributed by atoms with van der Waals surface area (Å²) in [6.07, 6.45) is 5.03. The minimum atomic E-state index is -0.773. The highest BCUT2D eigenvalue weighted by atomic mass is 16.3. The highest BCUT2D eigenvalue weighted by molar-refractivity contribution is 5.73. The molecule has 0 saturated heterocycles. The van der Waals surface area contributed by atoms with Crippen molar-refractivity contribution < 1.29 is 9.90 Å². The number of hydrogen-bond acceptors (Lipinski definition) is 2. The molecule has 3 heteroatoms. The van der Waals surface area contributed by atoms with Gasteiger partial charge in [-0.3, -0.25) is 4.79 Å². The van der Waals surface area contributed by atoms with Crippen LogP contribution in [0.25, 0.3) is 0 Å². The van der Waals surface area contributed by atoms with Crippen LogP contribution < -0.4 is 5.32 Å². The van der Waals surface area contributed by atoms with E-state index in [9.17, 15) is 9.90 Å². The van der Waals surface area contributed by atoms with E-state index >= 15 is 0 Å². The van der Waals surface area contributed by atoms with Crippen molar-refractivity contribution in [2.75, 3.05) is 0 Å². The zero-order chi connectivity index (χ0) is 9.90. The third kappa shape index (κ3) is 2.10. The number of aliphatic hydroxyl groups is 1. The van der Waals surface area contributed by atoms with Crippen LogP contribution in [0.5, 0.6) is 0 Å². The van der Waals surface area contributed by atoms with Gasteiger partial charge in [0.2, 0.25) is 5.91 Å². The maximum atomic E-state index is 10.8. The van der Waals surface area contributed by atoms with Gasteiger partial charge in [-0.25, -0.2) is 0 Å². The van der Waals surface area contributed by atoms with Gasteiger partial charge in [0.15, 0.2) is 0 Å². The van der Waals surface area contributed by atoms with E-state index in [-0.39, 0.29) is 11.3 Å². The third-order valence-corrected chi connectivity index (χ3v) is 2.83. The van der Waals surface area contributed by atoms with E-state index in [0.29, 0.717) is 0 Å². The lowest BCUT2D eigenvalue weighted by molar-refractivity contribution is -0.124. The highest BCUT2D eigenvalue weighted by Gasteiger charge is 2.38. The number of nitrogens with one attached hydrogen (secondary N) is 1. The Kier molecular flexibility index (Phi) is 3.09. The van der Waals surface area contributed by atoms with Crippen molar-refractivity contribution in [1.82, 2.24) is 5.32 Å². The number of amides is 1. The van der Waals surface area contributed by atoms with Gasteiger partial charge in [-0.15, -0.1) is 6.58 Å². The van der Waals surface area contributed by atoms with Gasteiger partial charge in [-0.05, 0) is 12.8 Å². The number of aliphatic hydroxyl groups excluding tert-OH is 1. The van der Waals surface area contributed by atoms with Gasteiger partial charge in [0.05, 0.1) is 0 Å². The summed E-state index contributed by atoms with van der Waals surface area (Å²) in [5.74, 6) is -0.194. The second-order valence-corrected chi connectivity index (χ2v) is 3.75. The van der Waals surface area contributed by atoms with Crippen LogP contribution in [-0.2, 0) is 4.79 Å². The quantitative estimate of drug-likeness (QED) is 0.510. The van der Waals surface area contributed by atoms with Crippen molar-refractivity contribution in [3.8, 4) is 0 Å². The fourth-order valence-corrected chi connectivity index (χ4v) is 1.96. The molecule has 2 N–H and O–H groups in total. The second kappa shape index (κ2) is 3.92. The summed E-state index contributed by atoms with van der Waals surface area (Å²) in [4.78, 5) is 10.8. The molecule has 1 aliphatic rings. The van der Waals surface area contributed by atoms with Gasteiger partial charge in [0, 0.05) is 12.3 Å². The molecule has 0 aromatic heterocycles. The minimum absolute atomic E-state index is 0.194. The van der Waals surface area contributed by atoms with E-state index in [4.69, 9.17) is 0 Å². The Morgan fingerprint density at radius 2 is 2.15 bits per heavy atom. The largest absolute Gasteiger partial charge is 0.373 e. The van der Waals surface area contributed by atoms with E-state index in [2.05, 4.69) is 11.9 Å². The van der Waals surface area contributed by atoms with Crippen LogP contribution in [0, 0.1) is 5.41 Å². The lowest BCUT2D eigenvalue weighted by atomic mass is 9.84. The molecule has 1 rings (SSSR count). The van der Waals surface area contributed by atoms with Crippen LogP contribution in [0.4, 0.5) is 0 Å². The highest BCUT2D eigenvalue weighted by Crippen LogP contribution is 2.41. The number of rotatable bonds is 3. The van der Waals surface area contributed by atoms with Crippen LogP contribution in [0.1, 0.15) is 32.6 Å². The van der Waals surface area contributed by atoms with Gasteiger partial charge < -0.3 is 10.4 Å². The first-order valence-electron chi connectivity index (χ1n) is 4.69. The van der Waals surface area contributed by atoms with Gasteiger partial charge in [-0.1, -0.05) is 18.9 Å². The lowest BCUT2D eigenvalue weighted by Crippen LogP contribution is -2.44. The van der Waals surface area contributed by atoms with E-state index in [1.54, 1.807) is 6.08 Å². The van der Waals surface area contributed by atoms with Crippen LogP contribution in [0.2, 0.25) is 0 Å². The Morgan fingerprint density at radius 3 is 2.54 bits per heavy atom. The topological polar surface area (TPSA) is 49.3 Å². The average Bonchev–Trinajstić information content (AvgIpc) is 2.51.